The van der Waals surface area contributed by atoms with Crippen molar-refractivity contribution in [3.8, 4) is 5.75 Å². The van der Waals surface area contributed by atoms with E-state index in [0.29, 0.717) is 12.4 Å². The molecule has 3 fully saturated rings. The molecule has 0 bridgehead atoms. The highest BCUT2D eigenvalue weighted by Crippen LogP contribution is 2.54. The van der Waals surface area contributed by atoms with Crippen LogP contribution in [0.2, 0.25) is 0 Å². The van der Waals surface area contributed by atoms with Gasteiger partial charge in [-0.3, -0.25) is 19.2 Å². The minimum absolute atomic E-state index is 0.00943. The highest BCUT2D eigenvalue weighted by Gasteiger charge is 2.76. The van der Waals surface area contributed by atoms with Gasteiger partial charge in [0.1, 0.15) is 11.5 Å². The summed E-state index contributed by atoms with van der Waals surface area (Å²) < 4.78 is 11.7. The number of esters is 1. The van der Waals surface area contributed by atoms with E-state index in [1.165, 1.54) is 11.8 Å². The Balaban J connectivity index is 1.58. The van der Waals surface area contributed by atoms with Gasteiger partial charge in [0.05, 0.1) is 31.5 Å². The summed E-state index contributed by atoms with van der Waals surface area (Å²) in [6.45, 7) is 4.20. The summed E-state index contributed by atoms with van der Waals surface area (Å²) in [5.74, 6) is -1.42. The number of rotatable bonds is 8. The lowest BCUT2D eigenvalue weighted by Crippen LogP contribution is -2.52. The van der Waals surface area contributed by atoms with Crippen molar-refractivity contribution in [3.05, 3.63) is 65.7 Å². The lowest BCUT2D eigenvalue weighted by Gasteiger charge is -2.34. The van der Waals surface area contributed by atoms with Crippen molar-refractivity contribution in [1.82, 2.24) is 9.80 Å². The van der Waals surface area contributed by atoms with Crippen LogP contribution in [-0.4, -0.2) is 57.7 Å². The summed E-state index contributed by atoms with van der Waals surface area (Å²) in [6, 6.07) is 15.1. The third-order valence-electron chi connectivity index (χ3n) is 7.23. The Kier molecular flexibility index (Phi) is 5.83. The number of hydrogen-bond donors (Lipinski definition) is 0. The van der Waals surface area contributed by atoms with Gasteiger partial charge >= 0.3 is 5.97 Å². The molecule has 8 heteroatoms. The van der Waals surface area contributed by atoms with E-state index in [4.69, 9.17) is 9.47 Å². The second-order valence-corrected chi connectivity index (χ2v) is 9.37. The fourth-order valence-corrected chi connectivity index (χ4v) is 5.89. The van der Waals surface area contributed by atoms with Crippen LogP contribution >= 0.6 is 0 Å². The molecule has 0 N–H and O–H groups in total. The minimum Gasteiger partial charge on any atom is -0.494 e. The maximum absolute atomic E-state index is 14.0. The Labute approximate surface area is 203 Å². The maximum atomic E-state index is 14.0. The van der Waals surface area contributed by atoms with E-state index in [2.05, 4.69) is 0 Å². The third kappa shape index (κ3) is 3.68. The van der Waals surface area contributed by atoms with Crippen LogP contribution in [0.25, 0.3) is 0 Å². The normalized spacial score (nSPS) is 27.1. The maximum Gasteiger partial charge on any atom is 0.307 e. The molecule has 4 atom stereocenters. The number of carbonyl (C=O) groups is 4. The number of likely N-dealkylation sites (tertiary alicyclic amines) is 2. The smallest absolute Gasteiger partial charge is 0.307 e. The van der Waals surface area contributed by atoms with E-state index in [-0.39, 0.29) is 43.5 Å². The first-order valence-corrected chi connectivity index (χ1v) is 11.9. The van der Waals surface area contributed by atoms with Gasteiger partial charge in [-0.15, -0.1) is 0 Å². The average molecular weight is 477 g/mol. The Bertz CT molecular complexity index is 1180. The molecule has 3 aliphatic rings. The van der Waals surface area contributed by atoms with E-state index in [9.17, 15) is 19.2 Å². The van der Waals surface area contributed by atoms with Crippen LogP contribution < -0.4 is 4.74 Å². The summed E-state index contributed by atoms with van der Waals surface area (Å²) in [7, 11) is 0. The van der Waals surface area contributed by atoms with Crippen molar-refractivity contribution in [2.24, 2.45) is 5.92 Å². The van der Waals surface area contributed by atoms with Crippen molar-refractivity contribution in [2.75, 3.05) is 6.61 Å². The average Bonchev–Trinajstić information content (AvgIpc) is 3.36. The van der Waals surface area contributed by atoms with Crippen LogP contribution in [-0.2, 0) is 37.0 Å². The summed E-state index contributed by atoms with van der Waals surface area (Å²) in [5.41, 5.74) is 0.277. The second-order valence-electron chi connectivity index (χ2n) is 9.37. The predicted molar refractivity (Wildman–Crippen MR) is 125 cm³/mol. The van der Waals surface area contributed by atoms with Gasteiger partial charge in [-0.05, 0) is 25.5 Å². The molecule has 0 unspecified atom stereocenters. The van der Waals surface area contributed by atoms with Gasteiger partial charge in [-0.1, -0.05) is 48.5 Å². The van der Waals surface area contributed by atoms with E-state index < -0.39 is 29.6 Å². The monoisotopic (exact) mass is 476 g/mol. The number of ether oxygens (including phenoxy) is 2. The number of carbonyl (C=O) groups excluding carboxylic acids is 4. The molecule has 3 aliphatic heterocycles. The summed E-state index contributed by atoms with van der Waals surface area (Å²) in [5, 5.41) is 0. The Morgan fingerprint density at radius 3 is 2.43 bits per heavy atom. The number of Topliss-reactive ketones (excluding diaryl/α,β-unsaturated/α-hetero) is 1. The topological polar surface area (TPSA) is 93.2 Å². The van der Waals surface area contributed by atoms with Gasteiger partial charge in [0.25, 0.3) is 0 Å². The molecule has 35 heavy (non-hydrogen) atoms. The van der Waals surface area contributed by atoms with Gasteiger partial charge in [0.15, 0.2) is 11.6 Å². The quantitative estimate of drug-likeness (QED) is 0.544. The van der Waals surface area contributed by atoms with E-state index in [1.807, 2.05) is 61.5 Å². The second kappa shape index (κ2) is 8.83. The van der Waals surface area contributed by atoms with Crippen molar-refractivity contribution in [2.45, 2.75) is 57.5 Å². The molecule has 3 saturated heterocycles. The molecule has 3 heterocycles. The molecule has 0 aromatic heterocycles. The standard InChI is InChI=1S/C27H28N2O6/c1-3-34-21-12-8-7-11-19(21)16-29-24-26(33)28(15-18-9-5-4-6-10-18)22(13-17(2)30)27(24)20(25(29)32)14-23(31)35-27/h4-12,20,22,24H,3,13-16H2,1-2H3/t20-,22+,24-,27-/m0/s1. The molecular weight excluding hydrogens is 448 g/mol. The van der Waals surface area contributed by atoms with Crippen LogP contribution in [0.15, 0.2) is 54.6 Å². The van der Waals surface area contributed by atoms with E-state index >= 15 is 0 Å². The summed E-state index contributed by atoms with van der Waals surface area (Å²) >= 11 is 0. The molecule has 0 saturated carbocycles. The fourth-order valence-electron chi connectivity index (χ4n) is 5.89. The third-order valence-corrected chi connectivity index (χ3v) is 7.23. The molecule has 2 aromatic rings. The van der Waals surface area contributed by atoms with Crippen LogP contribution in [0, 0.1) is 5.92 Å². The van der Waals surface area contributed by atoms with Crippen molar-refractivity contribution in [3.63, 3.8) is 0 Å². The highest BCUT2D eigenvalue weighted by atomic mass is 16.6. The SMILES string of the molecule is CCOc1ccccc1CN1C(=O)[C@@H]2CC(=O)O[C@@]23[C@@H]1C(=O)N(Cc1ccccc1)[C@@H]3CC(C)=O. The zero-order valence-electron chi connectivity index (χ0n) is 19.8. The van der Waals surface area contributed by atoms with Crippen LogP contribution in [0.4, 0.5) is 0 Å². The number of hydrogen-bond acceptors (Lipinski definition) is 6. The zero-order chi connectivity index (χ0) is 24.7. The molecule has 1 spiro atoms. The first kappa shape index (κ1) is 23.1. The molecule has 0 aliphatic carbocycles. The molecule has 5 rings (SSSR count). The van der Waals surface area contributed by atoms with Crippen LogP contribution in [0.3, 0.4) is 0 Å². The molecule has 8 nitrogen and oxygen atoms in total. The largest absolute Gasteiger partial charge is 0.494 e. The Morgan fingerprint density at radius 1 is 1.00 bits per heavy atom. The number of para-hydroxylation sites is 1. The highest BCUT2D eigenvalue weighted by molar-refractivity contribution is 6.02. The number of benzene rings is 2. The zero-order valence-corrected chi connectivity index (χ0v) is 19.8. The van der Waals surface area contributed by atoms with Gasteiger partial charge in [-0.2, -0.15) is 0 Å². The first-order chi connectivity index (χ1) is 16.9. The van der Waals surface area contributed by atoms with Crippen molar-refractivity contribution < 1.29 is 28.7 Å². The summed E-state index contributed by atoms with van der Waals surface area (Å²) in [6.07, 6.45) is -0.0880. The van der Waals surface area contributed by atoms with E-state index in [0.717, 1.165) is 11.1 Å². The molecule has 2 aromatic carbocycles. The van der Waals surface area contributed by atoms with Crippen molar-refractivity contribution in [1.29, 1.82) is 0 Å². The lowest BCUT2D eigenvalue weighted by molar-refractivity contribution is -0.154. The van der Waals surface area contributed by atoms with Crippen LogP contribution in [0.5, 0.6) is 5.75 Å². The lowest BCUT2D eigenvalue weighted by atomic mass is 9.80. The number of nitrogens with zero attached hydrogens (tertiary/aromatic N) is 2. The molecule has 2 amide bonds. The minimum atomic E-state index is -1.38. The van der Waals surface area contributed by atoms with Gasteiger partial charge in [0.2, 0.25) is 11.8 Å². The van der Waals surface area contributed by atoms with Gasteiger partial charge in [-0.25, -0.2) is 0 Å². The molecule has 0 radical (unpaired) electrons. The number of ketones is 1. The first-order valence-electron chi connectivity index (χ1n) is 11.9. The van der Waals surface area contributed by atoms with E-state index in [1.54, 1.807) is 4.90 Å². The predicted octanol–water partition coefficient (Wildman–Crippen LogP) is 2.49. The van der Waals surface area contributed by atoms with Gasteiger partial charge in [0, 0.05) is 18.5 Å². The van der Waals surface area contributed by atoms with Crippen molar-refractivity contribution >= 4 is 23.6 Å². The van der Waals surface area contributed by atoms with Crippen LogP contribution in [0.1, 0.15) is 37.8 Å². The molecular formula is C27H28N2O6. The molecule has 182 valence electrons. The fraction of sp³-hybridized carbons (Fsp3) is 0.407. The Hall–Kier alpha value is -3.68. The number of amides is 2. The Morgan fingerprint density at radius 2 is 1.71 bits per heavy atom. The van der Waals surface area contributed by atoms with Gasteiger partial charge < -0.3 is 19.3 Å². The summed E-state index contributed by atoms with van der Waals surface area (Å²) in [4.78, 5) is 55.6.